The number of nitrogens with one attached hydrogen (secondary N) is 2. The Hall–Kier alpha value is -3.35. The van der Waals surface area contributed by atoms with Crippen LogP contribution in [0, 0.1) is 0 Å². The number of amides is 1. The molecule has 26 heavy (non-hydrogen) atoms. The van der Waals surface area contributed by atoms with E-state index < -0.39 is 0 Å². The lowest BCUT2D eigenvalue weighted by Crippen LogP contribution is -2.27. The van der Waals surface area contributed by atoms with Gasteiger partial charge in [-0.15, -0.1) is 0 Å². The standard InChI is InChI=1S/C19H21N5O2/c1-13(22-23-19-20-16-6-4-5-7-17(16)21-19)14-8-10-15(11-9-14)26-12-18(25)24(2)3/h4-11H,12H2,1-3H3,(H2,20,21,23)/b22-13+. The quantitative estimate of drug-likeness (QED) is 0.528. The largest absolute Gasteiger partial charge is 0.484 e. The normalized spacial score (nSPS) is 11.4. The summed E-state index contributed by atoms with van der Waals surface area (Å²) in [7, 11) is 3.40. The third-order valence-corrected chi connectivity index (χ3v) is 3.85. The van der Waals surface area contributed by atoms with Crippen molar-refractivity contribution in [2.24, 2.45) is 5.10 Å². The number of hydrogen-bond donors (Lipinski definition) is 2. The Kier molecular flexibility index (Phi) is 5.17. The molecule has 0 saturated carbocycles. The minimum absolute atomic E-state index is 0.0209. The molecule has 3 aromatic rings. The molecule has 1 aromatic heterocycles. The molecule has 0 atom stereocenters. The highest BCUT2D eigenvalue weighted by atomic mass is 16.5. The maximum atomic E-state index is 11.5. The summed E-state index contributed by atoms with van der Waals surface area (Å²) in [6.45, 7) is 1.92. The van der Waals surface area contributed by atoms with Crippen LogP contribution in [0.3, 0.4) is 0 Å². The Morgan fingerprint density at radius 3 is 2.62 bits per heavy atom. The Morgan fingerprint density at radius 1 is 1.19 bits per heavy atom. The molecular weight excluding hydrogens is 330 g/mol. The van der Waals surface area contributed by atoms with E-state index in [1.54, 1.807) is 14.1 Å². The van der Waals surface area contributed by atoms with E-state index in [0.717, 1.165) is 22.3 Å². The van der Waals surface area contributed by atoms with Crippen LogP contribution in [0.4, 0.5) is 5.95 Å². The van der Waals surface area contributed by atoms with Gasteiger partial charge < -0.3 is 14.6 Å². The number of hydrazone groups is 1. The molecule has 2 aromatic carbocycles. The smallest absolute Gasteiger partial charge is 0.259 e. The summed E-state index contributed by atoms with van der Waals surface area (Å²) in [5.74, 6) is 1.15. The fraction of sp³-hybridized carbons (Fsp3) is 0.211. The number of H-pyrrole nitrogens is 1. The zero-order chi connectivity index (χ0) is 18.5. The van der Waals surface area contributed by atoms with Crippen molar-refractivity contribution in [1.29, 1.82) is 0 Å². The number of aromatic nitrogens is 2. The topological polar surface area (TPSA) is 82.6 Å². The van der Waals surface area contributed by atoms with Crippen LogP contribution < -0.4 is 10.2 Å². The van der Waals surface area contributed by atoms with Crippen molar-refractivity contribution in [3.63, 3.8) is 0 Å². The van der Waals surface area contributed by atoms with E-state index >= 15 is 0 Å². The molecule has 3 rings (SSSR count). The van der Waals surface area contributed by atoms with Gasteiger partial charge in [0.25, 0.3) is 5.91 Å². The molecule has 0 bridgehead atoms. The summed E-state index contributed by atoms with van der Waals surface area (Å²) in [6, 6.07) is 15.2. The molecule has 0 aliphatic carbocycles. The van der Waals surface area contributed by atoms with Gasteiger partial charge in [0.1, 0.15) is 5.75 Å². The lowest BCUT2D eigenvalue weighted by Gasteiger charge is -2.11. The lowest BCUT2D eigenvalue weighted by atomic mass is 10.1. The van der Waals surface area contributed by atoms with Gasteiger partial charge in [-0.3, -0.25) is 4.79 Å². The van der Waals surface area contributed by atoms with Crippen LogP contribution in [0.15, 0.2) is 53.6 Å². The summed E-state index contributed by atoms with van der Waals surface area (Å²) in [5.41, 5.74) is 6.53. The van der Waals surface area contributed by atoms with Crippen molar-refractivity contribution in [2.45, 2.75) is 6.92 Å². The van der Waals surface area contributed by atoms with Gasteiger partial charge in [0.15, 0.2) is 6.61 Å². The highest BCUT2D eigenvalue weighted by Crippen LogP contribution is 2.15. The second-order valence-electron chi connectivity index (χ2n) is 6.01. The van der Waals surface area contributed by atoms with Gasteiger partial charge in [0.2, 0.25) is 5.95 Å². The predicted octanol–water partition coefficient (Wildman–Crippen LogP) is 2.87. The van der Waals surface area contributed by atoms with E-state index in [9.17, 15) is 4.79 Å². The van der Waals surface area contributed by atoms with Crippen LogP contribution >= 0.6 is 0 Å². The first-order valence-corrected chi connectivity index (χ1v) is 8.21. The van der Waals surface area contributed by atoms with Gasteiger partial charge in [0, 0.05) is 14.1 Å². The number of fused-ring (bicyclic) bond motifs is 1. The number of anilines is 1. The third kappa shape index (κ3) is 4.18. The SMILES string of the molecule is C/C(=N\Nc1nc2ccccc2[nH]1)c1ccc(OCC(=O)N(C)C)cc1. The average molecular weight is 351 g/mol. The molecule has 1 heterocycles. The fourth-order valence-corrected chi connectivity index (χ4v) is 2.27. The van der Waals surface area contributed by atoms with Crippen LogP contribution in [-0.2, 0) is 4.79 Å². The van der Waals surface area contributed by atoms with E-state index in [4.69, 9.17) is 4.74 Å². The van der Waals surface area contributed by atoms with E-state index in [2.05, 4.69) is 20.5 Å². The predicted molar refractivity (Wildman–Crippen MR) is 103 cm³/mol. The van der Waals surface area contributed by atoms with Crippen molar-refractivity contribution < 1.29 is 9.53 Å². The summed E-state index contributed by atoms with van der Waals surface area (Å²) >= 11 is 0. The van der Waals surface area contributed by atoms with Crippen molar-refractivity contribution in [3.8, 4) is 5.75 Å². The van der Waals surface area contributed by atoms with Gasteiger partial charge in [-0.25, -0.2) is 10.4 Å². The highest BCUT2D eigenvalue weighted by molar-refractivity contribution is 5.99. The first kappa shape index (κ1) is 17.5. The number of benzene rings is 2. The number of rotatable bonds is 6. The Labute approximate surface area is 151 Å². The number of imidazole rings is 1. The van der Waals surface area contributed by atoms with Crippen LogP contribution in [0.5, 0.6) is 5.75 Å². The molecule has 0 spiro atoms. The Morgan fingerprint density at radius 2 is 1.92 bits per heavy atom. The second-order valence-corrected chi connectivity index (χ2v) is 6.01. The van der Waals surface area contributed by atoms with Crippen molar-refractivity contribution in [3.05, 3.63) is 54.1 Å². The number of ether oxygens (including phenoxy) is 1. The number of nitrogens with zero attached hydrogens (tertiary/aromatic N) is 3. The van der Waals surface area contributed by atoms with Crippen LogP contribution in [0.1, 0.15) is 12.5 Å². The maximum Gasteiger partial charge on any atom is 0.259 e. The molecule has 2 N–H and O–H groups in total. The fourth-order valence-electron chi connectivity index (χ4n) is 2.27. The Balaban J connectivity index is 1.62. The van der Waals surface area contributed by atoms with Crippen LogP contribution in [0.2, 0.25) is 0 Å². The number of hydrogen-bond acceptors (Lipinski definition) is 5. The van der Waals surface area contributed by atoms with Gasteiger partial charge in [0.05, 0.1) is 16.7 Å². The number of carbonyl (C=O) groups excluding carboxylic acids is 1. The number of aromatic amines is 1. The van der Waals surface area contributed by atoms with Gasteiger partial charge in [-0.2, -0.15) is 5.10 Å². The highest BCUT2D eigenvalue weighted by Gasteiger charge is 2.06. The number of para-hydroxylation sites is 2. The van der Waals surface area contributed by atoms with E-state index in [-0.39, 0.29) is 12.5 Å². The van der Waals surface area contributed by atoms with Gasteiger partial charge >= 0.3 is 0 Å². The number of carbonyl (C=O) groups is 1. The molecular formula is C19H21N5O2. The van der Waals surface area contributed by atoms with Gasteiger partial charge in [-0.1, -0.05) is 12.1 Å². The number of likely N-dealkylation sites (N-methyl/N-ethyl adjacent to an activating group) is 1. The lowest BCUT2D eigenvalue weighted by molar-refractivity contribution is -0.130. The minimum Gasteiger partial charge on any atom is -0.484 e. The molecule has 134 valence electrons. The van der Waals surface area contributed by atoms with E-state index in [0.29, 0.717) is 11.7 Å². The molecule has 0 unspecified atom stereocenters. The molecule has 1 amide bonds. The van der Waals surface area contributed by atoms with Gasteiger partial charge in [-0.05, 0) is 48.9 Å². The molecule has 0 fully saturated rings. The molecule has 0 saturated heterocycles. The van der Waals surface area contributed by atoms with Crippen LogP contribution in [-0.4, -0.2) is 47.2 Å². The maximum absolute atomic E-state index is 11.5. The van der Waals surface area contributed by atoms with E-state index in [1.165, 1.54) is 4.90 Å². The monoisotopic (exact) mass is 351 g/mol. The first-order valence-electron chi connectivity index (χ1n) is 8.21. The van der Waals surface area contributed by atoms with Crippen LogP contribution in [0.25, 0.3) is 11.0 Å². The summed E-state index contributed by atoms with van der Waals surface area (Å²) in [5, 5.41) is 4.36. The zero-order valence-corrected chi connectivity index (χ0v) is 15.0. The van der Waals surface area contributed by atoms with Crippen molar-refractivity contribution in [1.82, 2.24) is 14.9 Å². The summed E-state index contributed by atoms with van der Waals surface area (Å²) in [4.78, 5) is 20.6. The molecule has 0 aliphatic rings. The third-order valence-electron chi connectivity index (χ3n) is 3.85. The van der Waals surface area contributed by atoms with Crippen molar-refractivity contribution in [2.75, 3.05) is 26.1 Å². The molecule has 7 nitrogen and oxygen atoms in total. The average Bonchev–Trinajstić information content (AvgIpc) is 3.07. The first-order chi connectivity index (χ1) is 12.5. The Bertz CT molecular complexity index is 896. The van der Waals surface area contributed by atoms with E-state index in [1.807, 2.05) is 55.5 Å². The molecule has 0 radical (unpaired) electrons. The second kappa shape index (κ2) is 7.69. The summed E-state index contributed by atoms with van der Waals surface area (Å²) in [6.07, 6.45) is 0. The molecule has 0 aliphatic heterocycles. The minimum atomic E-state index is -0.0816. The van der Waals surface area contributed by atoms with Crippen molar-refractivity contribution >= 4 is 28.6 Å². The molecule has 7 heteroatoms. The zero-order valence-electron chi connectivity index (χ0n) is 15.0. The summed E-state index contributed by atoms with van der Waals surface area (Å²) < 4.78 is 5.47.